The van der Waals surface area contributed by atoms with Crippen LogP contribution in [-0.2, 0) is 76.0 Å². The van der Waals surface area contributed by atoms with Crippen LogP contribution in [0.3, 0.4) is 0 Å². The summed E-state index contributed by atoms with van der Waals surface area (Å²) in [4.78, 5) is 63.1. The van der Waals surface area contributed by atoms with E-state index in [1.807, 2.05) is 6.07 Å². The molecule has 0 aromatic heterocycles. The molecule has 2 rings (SSSR count). The van der Waals surface area contributed by atoms with E-state index >= 15 is 0 Å². The number of urea groups is 1. The summed E-state index contributed by atoms with van der Waals surface area (Å²) in [5.41, 5.74) is 0.539. The number of nitrogens with one attached hydrogen (secondary N) is 2. The Morgan fingerprint density at radius 3 is 1.55 bits per heavy atom. The fourth-order valence-corrected chi connectivity index (χ4v) is 5.93. The summed E-state index contributed by atoms with van der Waals surface area (Å²) in [7, 11) is 2.94. The predicted molar refractivity (Wildman–Crippen MR) is 243 cm³/mol. The monoisotopic (exact) mass is 1060 g/mol. The smallest absolute Gasteiger partial charge is 0.332 e. The van der Waals surface area contributed by atoms with E-state index in [0.29, 0.717) is 130 Å². The fraction of sp³-hybridized carbons (Fsp3) is 0.738. The zero-order chi connectivity index (χ0) is 47.9. The number of hydrogen-bond donors (Lipinski definition) is 3. The van der Waals surface area contributed by atoms with Crippen LogP contribution in [0.4, 0.5) is 10.5 Å². The van der Waals surface area contributed by atoms with Crippen molar-refractivity contribution in [2.45, 2.75) is 25.4 Å². The first-order valence-corrected chi connectivity index (χ1v) is 22.8. The van der Waals surface area contributed by atoms with Crippen molar-refractivity contribution in [3.05, 3.63) is 21.8 Å². The van der Waals surface area contributed by atoms with Gasteiger partial charge in [-0.25, -0.2) is 9.69 Å². The third-order valence-electron chi connectivity index (χ3n) is 8.79. The molecule has 1 unspecified atom stereocenters. The van der Waals surface area contributed by atoms with Crippen LogP contribution >= 0.6 is 22.6 Å². The van der Waals surface area contributed by atoms with Gasteiger partial charge in [-0.1, -0.05) is 0 Å². The number of aliphatic carboxylic acids is 1. The summed E-state index contributed by atoms with van der Waals surface area (Å²) >= 11 is 2.13. The normalized spacial score (nSPS) is 13.3. The second-order valence-electron chi connectivity index (χ2n) is 13.7. The number of hydrogen-bond acceptors (Lipinski definition) is 18. The average molecular weight is 1060 g/mol. The molecule has 1 fully saturated rings. The van der Waals surface area contributed by atoms with Gasteiger partial charge in [-0.05, 0) is 40.8 Å². The molecule has 5 amide bonds. The molecule has 0 bridgehead atoms. The average Bonchev–Trinajstić information content (AvgIpc) is 3.29. The van der Waals surface area contributed by atoms with Crippen molar-refractivity contribution < 1.29 is 90.7 Å². The van der Waals surface area contributed by atoms with E-state index < -0.39 is 29.9 Å². The summed E-state index contributed by atoms with van der Waals surface area (Å²) in [6.45, 7) is 7.82. The molecule has 23 nitrogen and oxygen atoms in total. The Morgan fingerprint density at radius 2 is 1.11 bits per heavy atom. The summed E-state index contributed by atoms with van der Waals surface area (Å²) in [5.74, 6) is -1.66. The Morgan fingerprint density at radius 1 is 0.652 bits per heavy atom. The topological polar surface area (TPSA) is 256 Å². The molecule has 0 spiro atoms. The van der Waals surface area contributed by atoms with Crippen LogP contribution in [0.1, 0.15) is 19.3 Å². The van der Waals surface area contributed by atoms with Gasteiger partial charge in [0.15, 0.2) is 6.10 Å². The van der Waals surface area contributed by atoms with Gasteiger partial charge >= 0.3 is 12.0 Å². The molecule has 0 aliphatic carbocycles. The van der Waals surface area contributed by atoms with Crippen LogP contribution in [-0.4, -0.2) is 225 Å². The highest BCUT2D eigenvalue weighted by molar-refractivity contribution is 14.1. The van der Waals surface area contributed by atoms with Gasteiger partial charge in [0, 0.05) is 36.6 Å². The van der Waals surface area contributed by atoms with Crippen LogP contribution in [0.2, 0.25) is 0 Å². The lowest BCUT2D eigenvalue weighted by atomic mass is 10.2. The number of carbonyl (C=O) groups is 5. The molecule has 24 heteroatoms. The summed E-state index contributed by atoms with van der Waals surface area (Å²) < 4.78 is 71.7. The third kappa shape index (κ3) is 28.7. The van der Waals surface area contributed by atoms with E-state index in [9.17, 15) is 24.0 Å². The molecule has 0 saturated carbocycles. The molecule has 1 saturated heterocycles. The van der Waals surface area contributed by atoms with E-state index in [1.54, 1.807) is 12.1 Å². The number of imide groups is 1. The van der Waals surface area contributed by atoms with Gasteiger partial charge in [0.1, 0.15) is 12.4 Å². The maximum absolute atomic E-state index is 13.3. The minimum atomic E-state index is -0.983. The van der Waals surface area contributed by atoms with Gasteiger partial charge in [-0.15, -0.1) is 0 Å². The molecule has 3 N–H and O–H groups in total. The zero-order valence-corrected chi connectivity index (χ0v) is 40.3. The Kier molecular flexibility index (Phi) is 35.2. The molecule has 1 atom stereocenters. The van der Waals surface area contributed by atoms with Crippen LogP contribution in [0.15, 0.2) is 18.2 Å². The number of halogens is 1. The Hall–Kier alpha value is -3.38. The molecular weight excluding hydrogens is 991 g/mol. The number of methoxy groups -OCH3 is 2. The van der Waals surface area contributed by atoms with Crippen LogP contribution in [0.5, 0.6) is 5.75 Å². The van der Waals surface area contributed by atoms with E-state index in [4.69, 9.17) is 66.7 Å². The predicted octanol–water partition coefficient (Wildman–Crippen LogP) is 0.711. The van der Waals surface area contributed by atoms with Crippen molar-refractivity contribution in [3.8, 4) is 5.75 Å². The quantitative estimate of drug-likeness (QED) is 0.0601. The van der Waals surface area contributed by atoms with Crippen molar-refractivity contribution in [3.63, 3.8) is 0 Å². The minimum absolute atomic E-state index is 0.0382. The van der Waals surface area contributed by atoms with Crippen LogP contribution in [0, 0.1) is 3.57 Å². The fourth-order valence-electron chi connectivity index (χ4n) is 5.46. The Bertz CT molecular complexity index is 1480. The summed E-state index contributed by atoms with van der Waals surface area (Å²) in [5, 5.41) is 13.7. The van der Waals surface area contributed by atoms with Crippen molar-refractivity contribution in [1.29, 1.82) is 0 Å². The second kappa shape index (κ2) is 39.6. The number of ether oxygens (including phenoxy) is 13. The highest BCUT2D eigenvalue weighted by Gasteiger charge is 2.35. The molecule has 1 heterocycles. The van der Waals surface area contributed by atoms with E-state index in [2.05, 4.69) is 33.2 Å². The number of amides is 5. The summed E-state index contributed by atoms with van der Waals surface area (Å²) in [6, 6.07) is 4.84. The number of carboxylic acid groups (broad SMARTS) is 1. The second-order valence-corrected chi connectivity index (χ2v) is 14.9. The maximum atomic E-state index is 13.3. The number of rotatable bonds is 44. The number of benzene rings is 1. The number of anilines is 1. The van der Waals surface area contributed by atoms with Gasteiger partial charge in [0.2, 0.25) is 11.8 Å². The Balaban J connectivity index is 1.31. The van der Waals surface area contributed by atoms with Gasteiger partial charge in [0.25, 0.3) is 5.91 Å². The van der Waals surface area contributed by atoms with Gasteiger partial charge in [0.05, 0.1) is 165 Å². The molecule has 1 aromatic carbocycles. The number of carbonyl (C=O) groups excluding carboxylic acids is 4. The molecule has 1 aromatic rings. The highest BCUT2D eigenvalue weighted by Crippen LogP contribution is 2.32. The molecule has 378 valence electrons. The molecule has 1 aliphatic rings. The van der Waals surface area contributed by atoms with Gasteiger partial charge < -0.3 is 77.3 Å². The first kappa shape index (κ1) is 58.7. The van der Waals surface area contributed by atoms with Crippen LogP contribution in [0.25, 0.3) is 0 Å². The van der Waals surface area contributed by atoms with Crippen molar-refractivity contribution in [2.24, 2.45) is 0 Å². The zero-order valence-electron chi connectivity index (χ0n) is 38.2. The first-order chi connectivity index (χ1) is 32.2. The summed E-state index contributed by atoms with van der Waals surface area (Å²) in [6.07, 6.45) is -0.843. The lowest BCUT2D eigenvalue weighted by Crippen LogP contribution is -2.56. The van der Waals surface area contributed by atoms with E-state index in [1.165, 1.54) is 19.1 Å². The number of nitrogens with zero attached hydrogens (tertiary/aromatic N) is 2. The van der Waals surface area contributed by atoms with E-state index in [-0.39, 0.29) is 71.4 Å². The van der Waals surface area contributed by atoms with Gasteiger partial charge in [-0.2, -0.15) is 0 Å². The number of carboxylic acids is 1. The largest absolute Gasteiger partial charge is 0.495 e. The standard InChI is InChI=1S/C42H69IN4O19/c1-54-32-37(41(52)45-33-47-39(49)6-9-46(42(47)53)35-31-34(43)3-4-36(35)55-2)66-30-29-65-28-27-64-26-25-63-24-23-62-22-21-61-20-19-60-18-17-59-16-15-58-14-13-57-12-11-56-10-7-38(48)44-8-5-40(50)51/h3-4,31,37H,5-30,32-33H2,1-2H3,(H,44,48)(H,45,52)(H,50,51). The third-order valence-corrected chi connectivity index (χ3v) is 9.47. The Labute approximate surface area is 400 Å². The van der Waals surface area contributed by atoms with Gasteiger partial charge in [-0.3, -0.25) is 24.1 Å². The first-order valence-electron chi connectivity index (χ1n) is 21.8. The lowest BCUT2D eigenvalue weighted by Gasteiger charge is -2.35. The van der Waals surface area contributed by atoms with E-state index in [0.717, 1.165) is 8.47 Å². The van der Waals surface area contributed by atoms with Crippen LogP contribution < -0.4 is 20.3 Å². The van der Waals surface area contributed by atoms with Crippen molar-refractivity contribution >= 4 is 58.0 Å². The maximum Gasteiger partial charge on any atom is 0.332 e. The molecule has 1 aliphatic heterocycles. The minimum Gasteiger partial charge on any atom is -0.495 e. The lowest BCUT2D eigenvalue weighted by molar-refractivity contribution is -0.139. The molecule has 0 radical (unpaired) electrons. The molecular formula is C42H69IN4O19. The highest BCUT2D eigenvalue weighted by atomic mass is 127. The van der Waals surface area contributed by atoms with Crippen molar-refractivity contribution in [2.75, 3.05) is 184 Å². The van der Waals surface area contributed by atoms with Crippen molar-refractivity contribution in [1.82, 2.24) is 15.5 Å². The molecule has 66 heavy (non-hydrogen) atoms. The SMILES string of the molecule is COCC(OCCOCCOCCOCCOCCOCCOCCOCCOCCOCCOCCC(=O)NCCC(=O)O)C(=O)NCN1C(=O)CCN(c2cc(I)ccc2OC)C1=O.